The van der Waals surface area contributed by atoms with Crippen LogP contribution in [0.2, 0.25) is 0 Å². The molecule has 0 radical (unpaired) electrons. The van der Waals surface area contributed by atoms with E-state index in [1.807, 2.05) is 0 Å². The first kappa shape index (κ1) is 8.46. The van der Waals surface area contributed by atoms with Gasteiger partial charge >= 0.3 is 5.97 Å². The number of rotatable bonds is 2. The summed E-state index contributed by atoms with van der Waals surface area (Å²) >= 11 is 0. The first-order valence-electron chi connectivity index (χ1n) is 3.45. The van der Waals surface area contributed by atoms with Gasteiger partial charge in [-0.1, -0.05) is 6.58 Å². The molecule has 0 bridgehead atoms. The zero-order valence-electron chi connectivity index (χ0n) is 6.78. The monoisotopic (exact) mass is 163 g/mol. The Hall–Kier alpha value is -1.64. The maximum Gasteiger partial charge on any atom is 0.340 e. The second-order valence-corrected chi connectivity index (χ2v) is 2.13. The molecule has 3 heteroatoms. The number of pyridine rings is 1. The molecular weight excluding hydrogens is 154 g/mol. The van der Waals surface area contributed by atoms with Crippen LogP contribution < -0.4 is 0 Å². The van der Waals surface area contributed by atoms with Gasteiger partial charge < -0.3 is 4.74 Å². The van der Waals surface area contributed by atoms with Gasteiger partial charge in [-0.2, -0.15) is 0 Å². The van der Waals surface area contributed by atoms with Crippen LogP contribution in [0, 0.1) is 0 Å². The Kier molecular flexibility index (Phi) is 2.58. The van der Waals surface area contributed by atoms with Crippen molar-refractivity contribution in [3.8, 4) is 0 Å². The van der Waals surface area contributed by atoms with Crippen molar-refractivity contribution in [1.82, 2.24) is 4.98 Å². The molecule has 0 unspecified atom stereocenters. The average molecular weight is 163 g/mol. The van der Waals surface area contributed by atoms with Crippen LogP contribution in [-0.4, -0.2) is 18.1 Å². The van der Waals surface area contributed by atoms with Gasteiger partial charge in [0, 0.05) is 6.20 Å². The molecule has 1 heterocycles. The fourth-order valence-electron chi connectivity index (χ4n) is 0.863. The minimum atomic E-state index is -0.391. The molecule has 1 rings (SSSR count). The van der Waals surface area contributed by atoms with Crippen LogP contribution in [0.25, 0.3) is 6.08 Å². The summed E-state index contributed by atoms with van der Waals surface area (Å²) in [6.07, 6.45) is 3.12. The third-order valence-corrected chi connectivity index (χ3v) is 1.44. The molecule has 12 heavy (non-hydrogen) atoms. The van der Waals surface area contributed by atoms with Crippen molar-refractivity contribution in [2.45, 2.75) is 0 Å². The Morgan fingerprint density at radius 3 is 3.08 bits per heavy atom. The van der Waals surface area contributed by atoms with Crippen LogP contribution in [-0.2, 0) is 4.74 Å². The van der Waals surface area contributed by atoms with E-state index in [2.05, 4.69) is 16.3 Å². The Morgan fingerprint density at radius 2 is 2.50 bits per heavy atom. The molecule has 0 aliphatic heterocycles. The molecule has 0 saturated carbocycles. The minimum absolute atomic E-state index is 0.391. The van der Waals surface area contributed by atoms with E-state index in [1.54, 1.807) is 18.3 Å². The van der Waals surface area contributed by atoms with Gasteiger partial charge in [0.05, 0.1) is 18.4 Å². The van der Waals surface area contributed by atoms with E-state index in [0.717, 1.165) is 0 Å². The molecule has 1 aromatic rings. The SMILES string of the molecule is C=Cc1ncccc1C(=O)OC. The molecule has 0 atom stereocenters. The number of carbonyl (C=O) groups is 1. The molecule has 62 valence electrons. The summed E-state index contributed by atoms with van der Waals surface area (Å²) in [5.41, 5.74) is 0.986. The Balaban J connectivity index is 3.13. The van der Waals surface area contributed by atoms with Gasteiger partial charge in [0.2, 0.25) is 0 Å². The highest BCUT2D eigenvalue weighted by Gasteiger charge is 2.08. The first-order chi connectivity index (χ1) is 5.79. The molecule has 0 amide bonds. The van der Waals surface area contributed by atoms with Crippen LogP contribution in [0.3, 0.4) is 0 Å². The van der Waals surface area contributed by atoms with E-state index in [9.17, 15) is 4.79 Å². The third kappa shape index (κ3) is 1.50. The van der Waals surface area contributed by atoms with Gasteiger partial charge in [-0.25, -0.2) is 4.79 Å². The standard InChI is InChI=1S/C9H9NO2/c1-3-8-7(9(11)12-2)5-4-6-10-8/h3-6H,1H2,2H3. The molecule has 0 N–H and O–H groups in total. The molecule has 3 nitrogen and oxygen atoms in total. The maximum atomic E-state index is 11.1. The van der Waals surface area contributed by atoms with Gasteiger partial charge in [-0.05, 0) is 18.2 Å². The number of ether oxygens (including phenoxy) is 1. The number of hydrogen-bond acceptors (Lipinski definition) is 3. The van der Waals surface area contributed by atoms with Crippen LogP contribution in [0.5, 0.6) is 0 Å². The summed E-state index contributed by atoms with van der Waals surface area (Å²) in [7, 11) is 1.34. The predicted molar refractivity (Wildman–Crippen MR) is 45.7 cm³/mol. The Bertz CT molecular complexity index is 307. The van der Waals surface area contributed by atoms with E-state index < -0.39 is 5.97 Å². The molecule has 0 fully saturated rings. The van der Waals surface area contributed by atoms with Gasteiger partial charge in [0.1, 0.15) is 0 Å². The molecule has 1 aromatic heterocycles. The van der Waals surface area contributed by atoms with Crippen LogP contribution in [0.4, 0.5) is 0 Å². The van der Waals surface area contributed by atoms with E-state index in [4.69, 9.17) is 0 Å². The normalized spacial score (nSPS) is 9.08. The van der Waals surface area contributed by atoms with Crippen molar-refractivity contribution in [1.29, 1.82) is 0 Å². The van der Waals surface area contributed by atoms with Gasteiger partial charge in [-0.3, -0.25) is 4.98 Å². The highest BCUT2D eigenvalue weighted by Crippen LogP contribution is 2.07. The molecule has 0 aliphatic carbocycles. The van der Waals surface area contributed by atoms with Crippen LogP contribution in [0.1, 0.15) is 16.1 Å². The minimum Gasteiger partial charge on any atom is -0.465 e. The third-order valence-electron chi connectivity index (χ3n) is 1.44. The second-order valence-electron chi connectivity index (χ2n) is 2.13. The lowest BCUT2D eigenvalue weighted by molar-refractivity contribution is 0.0600. The Morgan fingerprint density at radius 1 is 1.75 bits per heavy atom. The summed E-state index contributed by atoms with van der Waals surface area (Å²) < 4.78 is 4.55. The number of hydrogen-bond donors (Lipinski definition) is 0. The van der Waals surface area contributed by atoms with E-state index in [0.29, 0.717) is 11.3 Å². The summed E-state index contributed by atoms with van der Waals surface area (Å²) in [5, 5.41) is 0. The molecule has 0 saturated heterocycles. The van der Waals surface area contributed by atoms with E-state index in [1.165, 1.54) is 13.2 Å². The van der Waals surface area contributed by atoms with Crippen molar-refractivity contribution < 1.29 is 9.53 Å². The van der Waals surface area contributed by atoms with Crippen molar-refractivity contribution in [2.75, 3.05) is 7.11 Å². The zero-order chi connectivity index (χ0) is 8.97. The fraction of sp³-hybridized carbons (Fsp3) is 0.111. The molecule has 0 spiro atoms. The smallest absolute Gasteiger partial charge is 0.340 e. The predicted octanol–water partition coefficient (Wildman–Crippen LogP) is 1.51. The van der Waals surface area contributed by atoms with Crippen molar-refractivity contribution in [3.63, 3.8) is 0 Å². The zero-order valence-corrected chi connectivity index (χ0v) is 6.78. The summed E-state index contributed by atoms with van der Waals surface area (Å²) in [4.78, 5) is 15.0. The largest absolute Gasteiger partial charge is 0.465 e. The topological polar surface area (TPSA) is 39.2 Å². The highest BCUT2D eigenvalue weighted by atomic mass is 16.5. The summed E-state index contributed by atoms with van der Waals surface area (Å²) in [6, 6.07) is 3.33. The molecular formula is C9H9NO2. The van der Waals surface area contributed by atoms with E-state index >= 15 is 0 Å². The van der Waals surface area contributed by atoms with Crippen molar-refractivity contribution >= 4 is 12.0 Å². The quantitative estimate of drug-likeness (QED) is 0.620. The lowest BCUT2D eigenvalue weighted by Gasteiger charge is -2.00. The summed E-state index contributed by atoms with van der Waals surface area (Å²) in [5.74, 6) is -0.391. The lowest BCUT2D eigenvalue weighted by Crippen LogP contribution is -2.04. The van der Waals surface area contributed by atoms with Gasteiger partial charge in [0.15, 0.2) is 0 Å². The molecule has 0 aromatic carbocycles. The number of nitrogens with zero attached hydrogens (tertiary/aromatic N) is 1. The lowest BCUT2D eigenvalue weighted by atomic mass is 10.2. The van der Waals surface area contributed by atoms with E-state index in [-0.39, 0.29) is 0 Å². The number of methoxy groups -OCH3 is 1. The number of esters is 1. The highest BCUT2D eigenvalue weighted by molar-refractivity contribution is 5.92. The average Bonchev–Trinajstić information content (AvgIpc) is 2.16. The fourth-order valence-corrected chi connectivity index (χ4v) is 0.863. The molecule has 0 aliphatic rings. The Labute approximate surface area is 70.7 Å². The van der Waals surface area contributed by atoms with Crippen molar-refractivity contribution in [2.24, 2.45) is 0 Å². The number of carbonyl (C=O) groups excluding carboxylic acids is 1. The van der Waals surface area contributed by atoms with Gasteiger partial charge in [0.25, 0.3) is 0 Å². The van der Waals surface area contributed by atoms with Crippen LogP contribution >= 0.6 is 0 Å². The first-order valence-corrected chi connectivity index (χ1v) is 3.45. The summed E-state index contributed by atoms with van der Waals surface area (Å²) in [6.45, 7) is 3.54. The number of aromatic nitrogens is 1. The second kappa shape index (κ2) is 3.67. The van der Waals surface area contributed by atoms with Gasteiger partial charge in [-0.15, -0.1) is 0 Å². The maximum absolute atomic E-state index is 11.1. The van der Waals surface area contributed by atoms with Crippen LogP contribution in [0.15, 0.2) is 24.9 Å². The van der Waals surface area contributed by atoms with Crippen molar-refractivity contribution in [3.05, 3.63) is 36.2 Å².